The Bertz CT molecular complexity index is 643. The average Bonchev–Trinajstić information content (AvgIpc) is 2.49. The van der Waals surface area contributed by atoms with Crippen LogP contribution in [0.3, 0.4) is 0 Å². The second-order valence-electron chi connectivity index (χ2n) is 4.93. The van der Waals surface area contributed by atoms with Gasteiger partial charge in [0.1, 0.15) is 0 Å². The van der Waals surface area contributed by atoms with Crippen molar-refractivity contribution in [3.05, 3.63) is 45.7 Å². The third kappa shape index (κ3) is 2.41. The Morgan fingerprint density at radius 3 is 2.95 bits per heavy atom. The molecule has 0 amide bonds. The molecule has 0 saturated carbocycles. The number of aryl methyl sites for hydroxylation is 1. The van der Waals surface area contributed by atoms with Crippen molar-refractivity contribution in [3.8, 4) is 11.4 Å². The summed E-state index contributed by atoms with van der Waals surface area (Å²) in [6.45, 7) is 0. The summed E-state index contributed by atoms with van der Waals surface area (Å²) in [5.41, 5.74) is 3.09. The lowest BCUT2D eigenvalue weighted by Gasteiger charge is -2.24. The van der Waals surface area contributed by atoms with Crippen molar-refractivity contribution in [3.63, 3.8) is 0 Å². The molecule has 1 N–H and O–H groups in total. The van der Waals surface area contributed by atoms with Crippen LogP contribution < -0.4 is 5.32 Å². The monoisotopic (exact) mass is 307 g/mol. The Kier molecular flexibility index (Phi) is 3.92. The first-order chi connectivity index (χ1) is 9.70. The number of halogens is 2. The lowest BCUT2D eigenvalue weighted by molar-refractivity contribution is 0.488. The smallest absolute Gasteiger partial charge is 0.160 e. The van der Waals surface area contributed by atoms with Gasteiger partial charge in [-0.3, -0.25) is 0 Å². The van der Waals surface area contributed by atoms with E-state index < -0.39 is 0 Å². The Labute approximate surface area is 128 Å². The number of hydrogen-bond donors (Lipinski definition) is 1. The molecule has 0 bridgehead atoms. The van der Waals surface area contributed by atoms with Crippen molar-refractivity contribution >= 4 is 23.2 Å². The van der Waals surface area contributed by atoms with E-state index in [0.29, 0.717) is 21.9 Å². The van der Waals surface area contributed by atoms with E-state index in [0.717, 1.165) is 30.5 Å². The molecule has 3 rings (SSSR count). The molecule has 0 aliphatic heterocycles. The van der Waals surface area contributed by atoms with Crippen molar-refractivity contribution in [2.45, 2.75) is 25.3 Å². The summed E-state index contributed by atoms with van der Waals surface area (Å²) in [4.78, 5) is 9.16. The van der Waals surface area contributed by atoms with E-state index in [4.69, 9.17) is 23.2 Å². The third-order valence-electron chi connectivity index (χ3n) is 3.72. The zero-order valence-corrected chi connectivity index (χ0v) is 12.7. The molecular formula is C15H15Cl2N3. The van der Waals surface area contributed by atoms with Crippen LogP contribution in [0.5, 0.6) is 0 Å². The van der Waals surface area contributed by atoms with Crippen molar-refractivity contribution in [1.29, 1.82) is 0 Å². The standard InChI is InChI=1S/C15H15Cl2N3/c1-18-12-6-3-7-13-10(12)8-19-15(20-13)9-4-2-5-11(16)14(9)17/h2,4-5,8,12,18H,3,6-7H2,1H3. The molecule has 104 valence electrons. The Morgan fingerprint density at radius 1 is 1.30 bits per heavy atom. The maximum absolute atomic E-state index is 6.24. The lowest BCUT2D eigenvalue weighted by Crippen LogP contribution is -2.22. The number of benzene rings is 1. The van der Waals surface area contributed by atoms with Crippen LogP contribution in [-0.2, 0) is 6.42 Å². The van der Waals surface area contributed by atoms with Crippen LogP contribution in [0.25, 0.3) is 11.4 Å². The van der Waals surface area contributed by atoms with Gasteiger partial charge in [-0.1, -0.05) is 29.3 Å². The van der Waals surface area contributed by atoms with Crippen molar-refractivity contribution < 1.29 is 0 Å². The van der Waals surface area contributed by atoms with E-state index in [2.05, 4.69) is 15.3 Å². The predicted octanol–water partition coefficient (Wildman–Crippen LogP) is 4.05. The molecule has 1 aliphatic carbocycles. The van der Waals surface area contributed by atoms with E-state index in [1.165, 1.54) is 5.56 Å². The maximum atomic E-state index is 6.24. The van der Waals surface area contributed by atoms with Crippen LogP contribution in [-0.4, -0.2) is 17.0 Å². The Hall–Kier alpha value is -1.16. The first kappa shape index (κ1) is 13.8. The second-order valence-corrected chi connectivity index (χ2v) is 5.72. The summed E-state index contributed by atoms with van der Waals surface area (Å²) < 4.78 is 0. The molecule has 5 heteroatoms. The number of aromatic nitrogens is 2. The van der Waals surface area contributed by atoms with Crippen LogP contribution in [0.15, 0.2) is 24.4 Å². The fourth-order valence-electron chi connectivity index (χ4n) is 2.65. The van der Waals surface area contributed by atoms with Gasteiger partial charge in [0.05, 0.1) is 10.0 Å². The molecule has 2 aromatic rings. The summed E-state index contributed by atoms with van der Waals surface area (Å²) in [6, 6.07) is 5.88. The molecule has 20 heavy (non-hydrogen) atoms. The van der Waals surface area contributed by atoms with Crippen LogP contribution in [0, 0.1) is 0 Å². The minimum atomic E-state index is 0.350. The molecule has 1 aromatic heterocycles. The number of hydrogen-bond acceptors (Lipinski definition) is 3. The van der Waals surface area contributed by atoms with Crippen molar-refractivity contribution in [2.75, 3.05) is 7.05 Å². The summed E-state index contributed by atoms with van der Waals surface area (Å²) in [5, 5.41) is 4.35. The van der Waals surface area contributed by atoms with Gasteiger partial charge in [-0.2, -0.15) is 0 Å². The van der Waals surface area contributed by atoms with E-state index in [-0.39, 0.29) is 0 Å². The molecule has 1 heterocycles. The first-order valence-electron chi connectivity index (χ1n) is 6.68. The third-order valence-corrected chi connectivity index (χ3v) is 4.54. The van der Waals surface area contributed by atoms with E-state index in [9.17, 15) is 0 Å². The Morgan fingerprint density at radius 2 is 2.15 bits per heavy atom. The molecule has 1 unspecified atom stereocenters. The number of nitrogens with one attached hydrogen (secondary N) is 1. The van der Waals surface area contributed by atoms with Crippen molar-refractivity contribution in [1.82, 2.24) is 15.3 Å². The van der Waals surface area contributed by atoms with Crippen LogP contribution in [0.1, 0.15) is 30.1 Å². The van der Waals surface area contributed by atoms with Gasteiger partial charge < -0.3 is 5.32 Å². The molecule has 0 radical (unpaired) electrons. The van der Waals surface area contributed by atoms with Gasteiger partial charge in [0.15, 0.2) is 5.82 Å². The molecule has 1 atom stereocenters. The highest BCUT2D eigenvalue weighted by molar-refractivity contribution is 6.43. The van der Waals surface area contributed by atoms with Gasteiger partial charge in [0, 0.05) is 29.1 Å². The normalized spacial score (nSPS) is 17.9. The molecule has 0 spiro atoms. The fourth-order valence-corrected chi connectivity index (χ4v) is 3.04. The highest BCUT2D eigenvalue weighted by Crippen LogP contribution is 2.34. The quantitative estimate of drug-likeness (QED) is 0.909. The summed E-state index contributed by atoms with van der Waals surface area (Å²) >= 11 is 12.3. The molecular weight excluding hydrogens is 293 g/mol. The molecule has 1 aliphatic rings. The van der Waals surface area contributed by atoms with E-state index >= 15 is 0 Å². The molecule has 0 saturated heterocycles. The number of nitrogens with zero attached hydrogens (tertiary/aromatic N) is 2. The zero-order valence-electron chi connectivity index (χ0n) is 11.2. The predicted molar refractivity (Wildman–Crippen MR) is 82.2 cm³/mol. The van der Waals surface area contributed by atoms with Crippen LogP contribution in [0.4, 0.5) is 0 Å². The number of rotatable bonds is 2. The topological polar surface area (TPSA) is 37.8 Å². The lowest BCUT2D eigenvalue weighted by atomic mass is 9.92. The van der Waals surface area contributed by atoms with Gasteiger partial charge in [-0.25, -0.2) is 9.97 Å². The summed E-state index contributed by atoms with van der Waals surface area (Å²) in [6.07, 6.45) is 5.17. The molecule has 3 nitrogen and oxygen atoms in total. The summed E-state index contributed by atoms with van der Waals surface area (Å²) in [7, 11) is 1.97. The molecule has 1 aromatic carbocycles. The van der Waals surface area contributed by atoms with Crippen molar-refractivity contribution in [2.24, 2.45) is 0 Å². The van der Waals surface area contributed by atoms with Crippen LogP contribution >= 0.6 is 23.2 Å². The minimum Gasteiger partial charge on any atom is -0.313 e. The first-order valence-corrected chi connectivity index (χ1v) is 7.43. The number of fused-ring (bicyclic) bond motifs is 1. The van der Waals surface area contributed by atoms with Gasteiger partial charge >= 0.3 is 0 Å². The summed E-state index contributed by atoms with van der Waals surface area (Å²) in [5.74, 6) is 0.646. The molecule has 0 fully saturated rings. The van der Waals surface area contributed by atoms with E-state index in [1.54, 1.807) is 6.07 Å². The highest BCUT2D eigenvalue weighted by atomic mass is 35.5. The highest BCUT2D eigenvalue weighted by Gasteiger charge is 2.21. The van der Waals surface area contributed by atoms with E-state index in [1.807, 2.05) is 25.4 Å². The van der Waals surface area contributed by atoms with Gasteiger partial charge in [0.2, 0.25) is 0 Å². The SMILES string of the molecule is CNC1CCCc2nc(-c3cccc(Cl)c3Cl)ncc21. The minimum absolute atomic E-state index is 0.350. The zero-order chi connectivity index (χ0) is 14.1. The van der Waals surface area contributed by atoms with Gasteiger partial charge in [0.25, 0.3) is 0 Å². The Balaban J connectivity index is 2.06. The van der Waals surface area contributed by atoms with Crippen LogP contribution in [0.2, 0.25) is 10.0 Å². The fraction of sp³-hybridized carbons (Fsp3) is 0.333. The van der Waals surface area contributed by atoms with Gasteiger partial charge in [-0.05, 0) is 38.4 Å². The maximum Gasteiger partial charge on any atom is 0.160 e. The second kappa shape index (κ2) is 5.68. The van der Waals surface area contributed by atoms with Gasteiger partial charge in [-0.15, -0.1) is 0 Å². The average molecular weight is 308 g/mol. The largest absolute Gasteiger partial charge is 0.313 e.